The summed E-state index contributed by atoms with van der Waals surface area (Å²) in [6.45, 7) is 2.98. The molecule has 27 heavy (non-hydrogen) atoms. The Balaban J connectivity index is 1.79. The summed E-state index contributed by atoms with van der Waals surface area (Å²) in [5.74, 6) is -2.68. The molecule has 0 radical (unpaired) electrons. The van der Waals surface area contributed by atoms with Gasteiger partial charge in [-0.3, -0.25) is 4.99 Å². The second-order valence-corrected chi connectivity index (χ2v) is 8.34. The third-order valence-electron chi connectivity index (χ3n) is 4.86. The number of alkyl halides is 2. The van der Waals surface area contributed by atoms with Gasteiger partial charge in [0, 0.05) is 26.9 Å². The van der Waals surface area contributed by atoms with Crippen molar-refractivity contribution < 1.29 is 23.0 Å². The van der Waals surface area contributed by atoms with Gasteiger partial charge in [0.25, 0.3) is 5.92 Å². The SMILES string of the molecule is COc1ccc(CO[C@H]2[C@H](C)[C@@H](C(C)(F)F)O[C@@H]3SC(N(C)C)=N[C@H]23)cc1. The number of benzene rings is 1. The number of halogens is 2. The van der Waals surface area contributed by atoms with Crippen molar-refractivity contribution in [3.8, 4) is 5.75 Å². The molecule has 0 N–H and O–H groups in total. The highest BCUT2D eigenvalue weighted by Gasteiger charge is 2.54. The van der Waals surface area contributed by atoms with Gasteiger partial charge in [-0.25, -0.2) is 8.78 Å². The van der Waals surface area contributed by atoms with Crippen LogP contribution in [0.5, 0.6) is 5.75 Å². The number of rotatable bonds is 5. The molecule has 1 saturated heterocycles. The molecular formula is C19H26F2N2O3S. The van der Waals surface area contributed by atoms with Gasteiger partial charge in [0.2, 0.25) is 0 Å². The minimum absolute atomic E-state index is 0.306. The Morgan fingerprint density at radius 3 is 2.48 bits per heavy atom. The Kier molecular flexibility index (Phi) is 5.98. The molecule has 5 atom stereocenters. The van der Waals surface area contributed by atoms with Crippen LogP contribution in [0.3, 0.4) is 0 Å². The Morgan fingerprint density at radius 1 is 1.26 bits per heavy atom. The molecule has 0 aliphatic carbocycles. The molecule has 0 amide bonds. The summed E-state index contributed by atoms with van der Waals surface area (Å²) in [5, 5.41) is 0.773. The maximum Gasteiger partial charge on any atom is 0.271 e. The first-order valence-electron chi connectivity index (χ1n) is 8.90. The maximum absolute atomic E-state index is 14.1. The van der Waals surface area contributed by atoms with Gasteiger partial charge in [-0.2, -0.15) is 0 Å². The third kappa shape index (κ3) is 4.38. The van der Waals surface area contributed by atoms with Crippen molar-refractivity contribution in [1.82, 2.24) is 4.90 Å². The number of aliphatic imine (C=N–C) groups is 1. The number of hydrogen-bond acceptors (Lipinski definition) is 6. The lowest BCUT2D eigenvalue weighted by atomic mass is 9.87. The molecule has 3 rings (SSSR count). The van der Waals surface area contributed by atoms with Gasteiger partial charge in [0.05, 0.1) is 19.8 Å². The number of ether oxygens (including phenoxy) is 3. The lowest BCUT2D eigenvalue weighted by Gasteiger charge is -2.43. The van der Waals surface area contributed by atoms with Crippen LogP contribution < -0.4 is 4.74 Å². The summed E-state index contributed by atoms with van der Waals surface area (Å²) in [6.07, 6.45) is -1.66. The molecule has 1 aromatic carbocycles. The topological polar surface area (TPSA) is 43.3 Å². The van der Waals surface area contributed by atoms with Gasteiger partial charge >= 0.3 is 0 Å². The van der Waals surface area contributed by atoms with Crippen LogP contribution in [0.1, 0.15) is 19.4 Å². The average molecular weight is 400 g/mol. The first-order chi connectivity index (χ1) is 12.7. The van der Waals surface area contributed by atoms with Crippen LogP contribution in [0, 0.1) is 5.92 Å². The van der Waals surface area contributed by atoms with Crippen molar-refractivity contribution in [3.63, 3.8) is 0 Å². The maximum atomic E-state index is 14.1. The third-order valence-corrected chi connectivity index (χ3v) is 6.16. The standard InChI is InChI=1S/C19H26F2N2O3S/c1-11-15(25-10-12-6-8-13(24-5)9-7-12)14-17(26-16(11)19(2,20)21)27-18(22-14)23(3)4/h6-9,11,14-17H,10H2,1-5H3/t11-,14+,15-,16-,17+/m0/s1. The van der Waals surface area contributed by atoms with Crippen molar-refractivity contribution in [2.75, 3.05) is 21.2 Å². The van der Waals surface area contributed by atoms with Gasteiger partial charge in [0.1, 0.15) is 23.3 Å². The first kappa shape index (κ1) is 20.4. The highest BCUT2D eigenvalue weighted by Crippen LogP contribution is 2.44. The summed E-state index contributed by atoms with van der Waals surface area (Å²) >= 11 is 1.38. The Morgan fingerprint density at radius 2 is 1.93 bits per heavy atom. The van der Waals surface area contributed by atoms with E-state index in [0.29, 0.717) is 6.61 Å². The van der Waals surface area contributed by atoms with Crippen molar-refractivity contribution in [1.29, 1.82) is 0 Å². The van der Waals surface area contributed by atoms with E-state index in [1.54, 1.807) is 14.0 Å². The van der Waals surface area contributed by atoms with Gasteiger partial charge in [-0.05, 0) is 17.7 Å². The highest BCUT2D eigenvalue weighted by atomic mass is 32.2. The van der Waals surface area contributed by atoms with Crippen LogP contribution in [0.15, 0.2) is 29.3 Å². The van der Waals surface area contributed by atoms with E-state index < -0.39 is 29.5 Å². The van der Waals surface area contributed by atoms with Crippen LogP contribution in [0.25, 0.3) is 0 Å². The quantitative estimate of drug-likeness (QED) is 0.755. The molecule has 0 saturated carbocycles. The lowest BCUT2D eigenvalue weighted by molar-refractivity contribution is -0.212. The first-order valence-corrected chi connectivity index (χ1v) is 9.78. The van der Waals surface area contributed by atoms with Crippen molar-refractivity contribution >= 4 is 16.9 Å². The number of fused-ring (bicyclic) bond motifs is 1. The van der Waals surface area contributed by atoms with Crippen LogP contribution in [0.4, 0.5) is 8.78 Å². The molecule has 1 aromatic rings. The number of nitrogens with zero attached hydrogens (tertiary/aromatic N) is 2. The molecule has 2 aliphatic rings. The van der Waals surface area contributed by atoms with E-state index in [-0.39, 0.29) is 6.04 Å². The summed E-state index contributed by atoms with van der Waals surface area (Å²) in [6, 6.07) is 7.21. The molecular weight excluding hydrogens is 374 g/mol. The van der Waals surface area contributed by atoms with Crippen LogP contribution in [0.2, 0.25) is 0 Å². The van der Waals surface area contributed by atoms with Crippen molar-refractivity contribution in [2.24, 2.45) is 10.9 Å². The minimum Gasteiger partial charge on any atom is -0.497 e. The Bertz CT molecular complexity index is 679. The van der Waals surface area contributed by atoms with Crippen LogP contribution in [-0.2, 0) is 16.1 Å². The summed E-state index contributed by atoms with van der Waals surface area (Å²) in [7, 11) is 5.37. The summed E-state index contributed by atoms with van der Waals surface area (Å²) < 4.78 is 45.3. The molecule has 0 aromatic heterocycles. The zero-order chi connectivity index (χ0) is 19.8. The zero-order valence-corrected chi connectivity index (χ0v) is 17.0. The Labute approximate surface area is 163 Å². The number of methoxy groups -OCH3 is 1. The normalized spacial score (nSPS) is 30.6. The zero-order valence-electron chi connectivity index (χ0n) is 16.2. The number of amidine groups is 1. The fourth-order valence-electron chi connectivity index (χ4n) is 3.45. The molecule has 0 bridgehead atoms. The minimum atomic E-state index is -2.95. The lowest BCUT2D eigenvalue weighted by Crippen LogP contribution is -2.56. The molecule has 1 fully saturated rings. The van der Waals surface area contributed by atoms with Crippen molar-refractivity contribution in [2.45, 2.75) is 50.1 Å². The van der Waals surface area contributed by atoms with E-state index in [2.05, 4.69) is 4.99 Å². The molecule has 0 spiro atoms. The van der Waals surface area contributed by atoms with Gasteiger partial charge in [-0.1, -0.05) is 30.8 Å². The number of hydrogen-bond donors (Lipinski definition) is 0. The van der Waals surface area contributed by atoms with E-state index in [1.807, 2.05) is 43.3 Å². The van der Waals surface area contributed by atoms with E-state index >= 15 is 0 Å². The molecule has 8 heteroatoms. The van der Waals surface area contributed by atoms with E-state index in [0.717, 1.165) is 23.4 Å². The molecule has 150 valence electrons. The molecule has 2 aliphatic heterocycles. The molecule has 2 heterocycles. The predicted octanol–water partition coefficient (Wildman–Crippen LogP) is 3.63. The average Bonchev–Trinajstić information content (AvgIpc) is 3.04. The van der Waals surface area contributed by atoms with Crippen LogP contribution in [-0.4, -0.2) is 60.9 Å². The smallest absolute Gasteiger partial charge is 0.271 e. The van der Waals surface area contributed by atoms with Gasteiger partial charge in [0.15, 0.2) is 5.17 Å². The number of thioether (sulfide) groups is 1. The largest absolute Gasteiger partial charge is 0.497 e. The highest BCUT2D eigenvalue weighted by molar-refractivity contribution is 8.14. The van der Waals surface area contributed by atoms with E-state index in [9.17, 15) is 8.78 Å². The second kappa shape index (κ2) is 7.93. The van der Waals surface area contributed by atoms with Crippen LogP contribution >= 0.6 is 11.8 Å². The summed E-state index contributed by atoms with van der Waals surface area (Å²) in [5.41, 5.74) is 0.489. The van der Waals surface area contributed by atoms with Crippen molar-refractivity contribution in [3.05, 3.63) is 29.8 Å². The van der Waals surface area contributed by atoms with E-state index in [1.165, 1.54) is 11.8 Å². The Hall–Kier alpha value is -1.38. The molecule has 5 nitrogen and oxygen atoms in total. The van der Waals surface area contributed by atoms with Gasteiger partial charge in [-0.15, -0.1) is 0 Å². The van der Waals surface area contributed by atoms with E-state index in [4.69, 9.17) is 14.2 Å². The summed E-state index contributed by atoms with van der Waals surface area (Å²) in [4.78, 5) is 6.56. The monoisotopic (exact) mass is 400 g/mol. The predicted molar refractivity (Wildman–Crippen MR) is 103 cm³/mol. The fraction of sp³-hybridized carbons (Fsp3) is 0.632. The fourth-order valence-corrected chi connectivity index (χ4v) is 4.58. The van der Waals surface area contributed by atoms with Gasteiger partial charge < -0.3 is 19.1 Å². The molecule has 0 unspecified atom stereocenters. The second-order valence-electron chi connectivity index (χ2n) is 7.28.